The molecule has 0 amide bonds. The number of pyridine rings is 1. The van der Waals surface area contributed by atoms with Crippen molar-refractivity contribution in [1.29, 1.82) is 0 Å². The molecule has 19 heavy (non-hydrogen) atoms. The maximum absolute atomic E-state index is 12.1. The van der Waals surface area contributed by atoms with Crippen LogP contribution in [0.15, 0.2) is 41.2 Å². The zero-order valence-electron chi connectivity index (χ0n) is 11.6. The Bertz CT molecular complexity index is 626. The average molecular weight is 273 g/mol. The molecule has 0 aliphatic carbocycles. The number of rotatable bonds is 3. The number of nitrogens with zero attached hydrogens (tertiary/aromatic N) is 1. The van der Waals surface area contributed by atoms with Gasteiger partial charge < -0.3 is 4.57 Å². The van der Waals surface area contributed by atoms with Crippen molar-refractivity contribution >= 4 is 12.6 Å². The van der Waals surface area contributed by atoms with Gasteiger partial charge in [0.25, 0.3) is 5.56 Å². The first-order valence-electron chi connectivity index (χ1n) is 6.44. The maximum atomic E-state index is 12.1. The van der Waals surface area contributed by atoms with Gasteiger partial charge in [0, 0.05) is 18.4 Å². The van der Waals surface area contributed by atoms with E-state index in [1.807, 2.05) is 12.1 Å². The minimum absolute atomic E-state index is 0.0282. The molecule has 0 unspecified atom stereocenters. The summed E-state index contributed by atoms with van der Waals surface area (Å²) in [6.07, 6.45) is 0. The third-order valence-electron chi connectivity index (χ3n) is 3.43. The maximum Gasteiger partial charge on any atom is 0.254 e. The third-order valence-corrected chi connectivity index (χ3v) is 3.77. The summed E-state index contributed by atoms with van der Waals surface area (Å²) < 4.78 is 1.69. The van der Waals surface area contributed by atoms with Gasteiger partial charge in [-0.15, -0.1) is 0 Å². The molecular weight excluding hydrogens is 254 g/mol. The van der Waals surface area contributed by atoms with Gasteiger partial charge in [0.15, 0.2) is 0 Å². The summed E-state index contributed by atoms with van der Waals surface area (Å²) >= 11 is 4.17. The van der Waals surface area contributed by atoms with Gasteiger partial charge in [-0.3, -0.25) is 4.79 Å². The highest BCUT2D eigenvalue weighted by Gasteiger charge is 2.07. The van der Waals surface area contributed by atoms with Crippen molar-refractivity contribution in [2.24, 2.45) is 7.05 Å². The topological polar surface area (TPSA) is 22.0 Å². The third kappa shape index (κ3) is 2.76. The fourth-order valence-corrected chi connectivity index (χ4v) is 2.38. The van der Waals surface area contributed by atoms with Crippen LogP contribution in [0.1, 0.15) is 30.9 Å². The lowest BCUT2D eigenvalue weighted by atomic mass is 10.0. The number of hydrogen-bond acceptors (Lipinski definition) is 2. The van der Waals surface area contributed by atoms with Gasteiger partial charge in [-0.25, -0.2) is 0 Å². The summed E-state index contributed by atoms with van der Waals surface area (Å²) in [5, 5.41) is 0. The Labute approximate surface area is 119 Å². The van der Waals surface area contributed by atoms with Crippen molar-refractivity contribution in [1.82, 2.24) is 4.57 Å². The molecule has 0 radical (unpaired) electrons. The molecule has 1 aromatic carbocycles. The van der Waals surface area contributed by atoms with E-state index in [1.54, 1.807) is 11.6 Å². The molecule has 0 spiro atoms. The van der Waals surface area contributed by atoms with Crippen molar-refractivity contribution in [3.8, 4) is 11.3 Å². The summed E-state index contributed by atoms with van der Waals surface area (Å²) in [6, 6.07) is 12.2. The molecule has 0 atom stereocenters. The zero-order chi connectivity index (χ0) is 14.0. The fourth-order valence-electron chi connectivity index (χ4n) is 2.14. The first-order chi connectivity index (χ1) is 9.04. The van der Waals surface area contributed by atoms with Gasteiger partial charge in [0.05, 0.1) is 5.69 Å². The largest absolute Gasteiger partial charge is 0.311 e. The minimum Gasteiger partial charge on any atom is -0.311 e. The number of benzene rings is 1. The molecule has 0 aliphatic rings. The minimum atomic E-state index is 0.0282. The summed E-state index contributed by atoms with van der Waals surface area (Å²) in [4.78, 5) is 12.1. The predicted octanol–water partition coefficient (Wildman–Crippen LogP) is 3.61. The number of thiol groups is 1. The highest BCUT2D eigenvalue weighted by molar-refractivity contribution is 7.79. The Morgan fingerprint density at radius 3 is 2.26 bits per heavy atom. The second-order valence-corrected chi connectivity index (χ2v) is 5.36. The molecule has 0 N–H and O–H groups in total. The van der Waals surface area contributed by atoms with Crippen molar-refractivity contribution in [2.75, 3.05) is 0 Å². The van der Waals surface area contributed by atoms with Crippen molar-refractivity contribution in [3.63, 3.8) is 0 Å². The molecule has 1 aromatic heterocycles. The molecule has 0 saturated heterocycles. The smallest absolute Gasteiger partial charge is 0.254 e. The first kappa shape index (κ1) is 13.9. The van der Waals surface area contributed by atoms with Gasteiger partial charge in [0.1, 0.15) is 0 Å². The molecule has 2 rings (SSSR count). The summed E-state index contributed by atoms with van der Waals surface area (Å²) in [7, 11) is 1.81. The molecule has 1 heterocycles. The van der Waals surface area contributed by atoms with Crippen LogP contribution in [0.4, 0.5) is 0 Å². The second-order valence-electron chi connectivity index (χ2n) is 5.04. The monoisotopic (exact) mass is 273 g/mol. The normalized spacial score (nSPS) is 11.0. The Kier molecular flexibility index (Phi) is 4.15. The summed E-state index contributed by atoms with van der Waals surface area (Å²) in [5.41, 5.74) is 4.06. The molecule has 0 saturated carbocycles. The summed E-state index contributed by atoms with van der Waals surface area (Å²) in [6.45, 7) is 4.35. The van der Waals surface area contributed by atoms with E-state index in [1.165, 1.54) is 5.56 Å². The van der Waals surface area contributed by atoms with Crippen LogP contribution in [-0.4, -0.2) is 4.57 Å². The quantitative estimate of drug-likeness (QED) is 0.848. The number of hydrogen-bond donors (Lipinski definition) is 1. The van der Waals surface area contributed by atoms with Crippen molar-refractivity contribution in [3.05, 3.63) is 57.9 Å². The van der Waals surface area contributed by atoms with Crippen LogP contribution >= 0.6 is 12.6 Å². The lowest BCUT2D eigenvalue weighted by Crippen LogP contribution is -2.21. The van der Waals surface area contributed by atoms with Crippen molar-refractivity contribution in [2.45, 2.75) is 25.5 Å². The summed E-state index contributed by atoms with van der Waals surface area (Å²) in [5.74, 6) is 0.989. The Morgan fingerprint density at radius 2 is 1.74 bits per heavy atom. The Morgan fingerprint density at radius 1 is 1.11 bits per heavy atom. The van der Waals surface area contributed by atoms with E-state index in [4.69, 9.17) is 0 Å². The molecule has 0 bridgehead atoms. The Hall–Kier alpha value is -1.48. The lowest BCUT2D eigenvalue weighted by Gasteiger charge is -2.11. The molecule has 100 valence electrons. The molecule has 2 nitrogen and oxygen atoms in total. The molecule has 2 aromatic rings. The van der Waals surface area contributed by atoms with Gasteiger partial charge in [-0.05, 0) is 23.1 Å². The van der Waals surface area contributed by atoms with Crippen LogP contribution < -0.4 is 5.56 Å². The van der Waals surface area contributed by atoms with E-state index in [0.29, 0.717) is 11.7 Å². The highest BCUT2D eigenvalue weighted by atomic mass is 32.1. The standard InChI is InChI=1S/C16H19NOS/c1-11(2)12-4-6-13(7-5-12)15-9-8-14(10-19)16(18)17(15)3/h4-9,11,19H,10H2,1-3H3. The average Bonchev–Trinajstić information content (AvgIpc) is 2.42. The van der Waals surface area contributed by atoms with E-state index in [0.717, 1.165) is 16.8 Å². The van der Waals surface area contributed by atoms with E-state index < -0.39 is 0 Å². The van der Waals surface area contributed by atoms with Crippen LogP contribution in [0.5, 0.6) is 0 Å². The second kappa shape index (κ2) is 5.66. The van der Waals surface area contributed by atoms with Crippen molar-refractivity contribution < 1.29 is 0 Å². The first-order valence-corrected chi connectivity index (χ1v) is 7.08. The van der Waals surface area contributed by atoms with E-state index in [9.17, 15) is 4.79 Å². The van der Waals surface area contributed by atoms with E-state index in [2.05, 4.69) is 50.7 Å². The van der Waals surface area contributed by atoms with E-state index >= 15 is 0 Å². The predicted molar refractivity (Wildman–Crippen MR) is 83.9 cm³/mol. The molecule has 3 heteroatoms. The van der Waals surface area contributed by atoms with Gasteiger partial charge >= 0.3 is 0 Å². The van der Waals surface area contributed by atoms with Crippen LogP contribution in [-0.2, 0) is 12.8 Å². The zero-order valence-corrected chi connectivity index (χ0v) is 12.4. The van der Waals surface area contributed by atoms with Crippen LogP contribution in [0, 0.1) is 0 Å². The lowest BCUT2D eigenvalue weighted by molar-refractivity contribution is 0.853. The Balaban J connectivity index is 2.48. The SMILES string of the molecule is CC(C)c1ccc(-c2ccc(CS)c(=O)n2C)cc1. The molecule has 0 aliphatic heterocycles. The van der Waals surface area contributed by atoms with Gasteiger partial charge in [-0.2, -0.15) is 12.6 Å². The van der Waals surface area contributed by atoms with Gasteiger partial charge in [0.2, 0.25) is 0 Å². The van der Waals surface area contributed by atoms with Crippen LogP contribution in [0.25, 0.3) is 11.3 Å². The van der Waals surface area contributed by atoms with Crippen LogP contribution in [0.2, 0.25) is 0 Å². The number of aromatic nitrogens is 1. The van der Waals surface area contributed by atoms with Gasteiger partial charge in [-0.1, -0.05) is 44.2 Å². The van der Waals surface area contributed by atoms with E-state index in [-0.39, 0.29) is 5.56 Å². The molecule has 0 fully saturated rings. The highest BCUT2D eigenvalue weighted by Crippen LogP contribution is 2.21. The molecular formula is C16H19NOS. The van der Waals surface area contributed by atoms with Crippen LogP contribution in [0.3, 0.4) is 0 Å². The fraction of sp³-hybridized carbons (Fsp3) is 0.312.